The number of aryl methyl sites for hydroxylation is 1. The molecule has 0 spiro atoms. The van der Waals surface area contributed by atoms with Gasteiger partial charge in [-0.2, -0.15) is 0 Å². The maximum absolute atomic E-state index is 12.2. The zero-order valence-corrected chi connectivity index (χ0v) is 13.4. The molecule has 1 heterocycles. The lowest BCUT2D eigenvalue weighted by atomic mass is 10.1. The number of hydrogen-bond acceptors (Lipinski definition) is 5. The van der Waals surface area contributed by atoms with Crippen LogP contribution >= 0.6 is 0 Å². The number of ether oxygens (including phenoxy) is 1. The number of amides is 2. The zero-order chi connectivity index (χ0) is 16.5. The van der Waals surface area contributed by atoms with Gasteiger partial charge in [0.05, 0.1) is 25.0 Å². The molecule has 0 unspecified atom stereocenters. The van der Waals surface area contributed by atoms with Crippen LogP contribution in [0, 0.1) is 12.8 Å². The van der Waals surface area contributed by atoms with Crippen LogP contribution in [0.2, 0.25) is 0 Å². The van der Waals surface area contributed by atoms with Crippen molar-refractivity contribution in [1.82, 2.24) is 4.72 Å². The first kappa shape index (κ1) is 16.3. The Morgan fingerprint density at radius 1 is 1.41 bits per heavy atom. The van der Waals surface area contributed by atoms with E-state index in [4.69, 9.17) is 4.74 Å². The third-order valence-electron chi connectivity index (χ3n) is 3.41. The van der Waals surface area contributed by atoms with Gasteiger partial charge in [-0.15, -0.1) is 0 Å². The molecule has 1 aliphatic rings. The number of benzene rings is 1. The lowest BCUT2D eigenvalue weighted by Gasteiger charge is -2.20. The molecule has 1 aromatic rings. The maximum Gasteiger partial charge on any atom is 0.238 e. The summed E-state index contributed by atoms with van der Waals surface area (Å²) in [7, 11) is -2.13. The van der Waals surface area contributed by atoms with E-state index < -0.39 is 21.8 Å². The number of nitrogens with zero attached hydrogens (tertiary/aromatic N) is 1. The minimum absolute atomic E-state index is 0.0293. The maximum atomic E-state index is 12.2. The monoisotopic (exact) mass is 326 g/mol. The van der Waals surface area contributed by atoms with Gasteiger partial charge >= 0.3 is 0 Å². The molecule has 7 nitrogen and oxygen atoms in total. The highest BCUT2D eigenvalue weighted by Gasteiger charge is 2.37. The lowest BCUT2D eigenvalue weighted by Crippen LogP contribution is -2.36. The third-order valence-corrected chi connectivity index (χ3v) is 3.98. The van der Waals surface area contributed by atoms with Crippen LogP contribution in [-0.4, -0.2) is 40.1 Å². The van der Waals surface area contributed by atoms with Gasteiger partial charge in [-0.05, 0) is 24.6 Å². The van der Waals surface area contributed by atoms with Gasteiger partial charge in [0.15, 0.2) is 0 Å². The summed E-state index contributed by atoms with van der Waals surface area (Å²) in [6.45, 7) is 2.01. The quantitative estimate of drug-likeness (QED) is 0.866. The van der Waals surface area contributed by atoms with Gasteiger partial charge in [0, 0.05) is 13.0 Å². The molecule has 2 amide bonds. The van der Waals surface area contributed by atoms with Crippen LogP contribution in [0.3, 0.4) is 0 Å². The second-order valence-corrected chi connectivity index (χ2v) is 7.07. The highest BCUT2D eigenvalue weighted by molar-refractivity contribution is 7.89. The molecule has 0 saturated carbocycles. The van der Waals surface area contributed by atoms with Gasteiger partial charge in [0.1, 0.15) is 5.75 Å². The predicted octanol–water partition coefficient (Wildman–Crippen LogP) is 0.432. The molecule has 0 aliphatic carbocycles. The average Bonchev–Trinajstić information content (AvgIpc) is 2.79. The molecular formula is C14H18N2O5S. The van der Waals surface area contributed by atoms with Gasteiger partial charge in [0.2, 0.25) is 21.8 Å². The molecule has 0 aromatic heterocycles. The minimum Gasteiger partial charge on any atom is -0.495 e. The van der Waals surface area contributed by atoms with Crippen molar-refractivity contribution < 1.29 is 22.7 Å². The number of methoxy groups -OCH3 is 1. The van der Waals surface area contributed by atoms with E-state index in [1.54, 1.807) is 12.1 Å². The topological polar surface area (TPSA) is 92.8 Å². The first-order valence-corrected chi connectivity index (χ1v) is 8.57. The Morgan fingerprint density at radius 2 is 2.09 bits per heavy atom. The van der Waals surface area contributed by atoms with E-state index in [1.807, 2.05) is 17.7 Å². The second-order valence-electron chi connectivity index (χ2n) is 5.32. The highest BCUT2D eigenvalue weighted by Crippen LogP contribution is 2.33. The number of hydrogen-bond donors (Lipinski definition) is 1. The van der Waals surface area contributed by atoms with Crippen LogP contribution in [0.1, 0.15) is 12.0 Å². The molecule has 2 rings (SSSR count). The van der Waals surface area contributed by atoms with Crippen LogP contribution in [0.25, 0.3) is 0 Å². The molecular weight excluding hydrogens is 308 g/mol. The molecule has 120 valence electrons. The van der Waals surface area contributed by atoms with Crippen LogP contribution in [0.5, 0.6) is 5.75 Å². The normalized spacial score (nSPS) is 18.4. The van der Waals surface area contributed by atoms with Crippen molar-refractivity contribution >= 4 is 27.5 Å². The van der Waals surface area contributed by atoms with Crippen LogP contribution in [-0.2, 0) is 19.6 Å². The average molecular weight is 326 g/mol. The summed E-state index contributed by atoms with van der Waals surface area (Å²) in [5.41, 5.74) is 1.54. The first-order chi connectivity index (χ1) is 10.2. The first-order valence-electron chi connectivity index (χ1n) is 6.68. The van der Waals surface area contributed by atoms with Crippen molar-refractivity contribution in [2.45, 2.75) is 13.3 Å². The van der Waals surface area contributed by atoms with E-state index in [1.165, 1.54) is 12.0 Å². The summed E-state index contributed by atoms with van der Waals surface area (Å²) in [5, 5.41) is 0. The van der Waals surface area contributed by atoms with Crippen molar-refractivity contribution in [1.29, 1.82) is 0 Å². The number of sulfonamides is 1. The molecule has 8 heteroatoms. The molecule has 1 fully saturated rings. The van der Waals surface area contributed by atoms with Crippen molar-refractivity contribution in [3.8, 4) is 5.75 Å². The Bertz CT molecular complexity index is 714. The SMILES string of the molecule is COc1ccc(C)cc1N1C[C@@H](C(=O)NS(C)(=O)=O)CC1=O. The van der Waals surface area contributed by atoms with Crippen molar-refractivity contribution in [2.75, 3.05) is 24.8 Å². The summed E-state index contributed by atoms with van der Waals surface area (Å²) in [6.07, 6.45) is 0.876. The van der Waals surface area contributed by atoms with Crippen molar-refractivity contribution in [3.05, 3.63) is 23.8 Å². The summed E-state index contributed by atoms with van der Waals surface area (Å²) < 4.78 is 29.4. The van der Waals surface area contributed by atoms with Crippen molar-refractivity contribution in [2.24, 2.45) is 5.92 Å². The summed E-state index contributed by atoms with van der Waals surface area (Å²) in [5.74, 6) is -1.07. The van der Waals surface area contributed by atoms with Gasteiger partial charge in [-0.1, -0.05) is 6.07 Å². The minimum atomic E-state index is -3.63. The molecule has 22 heavy (non-hydrogen) atoms. The van der Waals surface area contributed by atoms with E-state index in [9.17, 15) is 18.0 Å². The fraction of sp³-hybridized carbons (Fsp3) is 0.429. The smallest absolute Gasteiger partial charge is 0.238 e. The summed E-state index contributed by atoms with van der Waals surface area (Å²) in [4.78, 5) is 25.5. The predicted molar refractivity (Wildman–Crippen MR) is 81.2 cm³/mol. The number of nitrogens with one attached hydrogen (secondary N) is 1. The highest BCUT2D eigenvalue weighted by atomic mass is 32.2. The molecule has 1 N–H and O–H groups in total. The van der Waals surface area contributed by atoms with E-state index >= 15 is 0 Å². The largest absolute Gasteiger partial charge is 0.495 e. The van der Waals surface area contributed by atoms with Gasteiger partial charge < -0.3 is 9.64 Å². The van der Waals surface area contributed by atoms with Crippen LogP contribution in [0.4, 0.5) is 5.69 Å². The van der Waals surface area contributed by atoms with Gasteiger partial charge in [-0.3, -0.25) is 14.3 Å². The Balaban J connectivity index is 2.23. The summed E-state index contributed by atoms with van der Waals surface area (Å²) in [6, 6.07) is 5.41. The Kier molecular flexibility index (Phi) is 4.41. The standard InChI is InChI=1S/C14H18N2O5S/c1-9-4-5-12(21-2)11(6-9)16-8-10(7-13(16)17)14(18)15-22(3,19)20/h4-6,10H,7-8H2,1-3H3,(H,15,18)/t10-/m0/s1. The number of anilines is 1. The van der Waals surface area contributed by atoms with Gasteiger partial charge in [-0.25, -0.2) is 8.42 Å². The Labute approximate surface area is 129 Å². The number of rotatable bonds is 4. The number of carbonyl (C=O) groups excluding carboxylic acids is 2. The molecule has 0 bridgehead atoms. The zero-order valence-electron chi connectivity index (χ0n) is 12.6. The second kappa shape index (κ2) is 5.96. The molecule has 1 saturated heterocycles. The molecule has 0 radical (unpaired) electrons. The van der Waals surface area contributed by atoms with Crippen LogP contribution < -0.4 is 14.4 Å². The molecule has 1 atom stereocenters. The lowest BCUT2D eigenvalue weighted by molar-refractivity contribution is -0.124. The fourth-order valence-corrected chi connectivity index (χ4v) is 2.93. The van der Waals surface area contributed by atoms with E-state index in [0.29, 0.717) is 11.4 Å². The van der Waals surface area contributed by atoms with E-state index in [2.05, 4.69) is 0 Å². The van der Waals surface area contributed by atoms with E-state index in [-0.39, 0.29) is 18.9 Å². The van der Waals surface area contributed by atoms with Crippen LogP contribution in [0.15, 0.2) is 18.2 Å². The third kappa shape index (κ3) is 3.56. The molecule has 1 aliphatic heterocycles. The van der Waals surface area contributed by atoms with Crippen molar-refractivity contribution in [3.63, 3.8) is 0 Å². The van der Waals surface area contributed by atoms with E-state index in [0.717, 1.165) is 11.8 Å². The fourth-order valence-electron chi connectivity index (χ4n) is 2.39. The Morgan fingerprint density at radius 3 is 2.68 bits per heavy atom. The molecule has 1 aromatic carbocycles. The Hall–Kier alpha value is -2.09. The number of carbonyl (C=O) groups is 2. The summed E-state index contributed by atoms with van der Waals surface area (Å²) >= 11 is 0. The van der Waals surface area contributed by atoms with Gasteiger partial charge in [0.25, 0.3) is 0 Å².